The normalized spacial score (nSPS) is 21.1. The standard InChI is InChI=1S/C13H16N2O3/c14-10-6-12(16)15(8-10)11(7-13(17)18)9-4-2-1-3-5-9/h1-5,10-11H,6-8,14H2,(H,17,18). The minimum atomic E-state index is -0.919. The Labute approximate surface area is 105 Å². The molecule has 0 saturated carbocycles. The first-order valence-electron chi connectivity index (χ1n) is 5.89. The van der Waals surface area contributed by atoms with Crippen LogP contribution in [0.1, 0.15) is 24.4 Å². The number of carboxylic acid groups (broad SMARTS) is 1. The van der Waals surface area contributed by atoms with E-state index in [1.54, 1.807) is 4.90 Å². The van der Waals surface area contributed by atoms with Crippen molar-refractivity contribution in [1.29, 1.82) is 0 Å². The summed E-state index contributed by atoms with van der Waals surface area (Å²) in [5, 5.41) is 8.99. The number of rotatable bonds is 4. The van der Waals surface area contributed by atoms with Crippen LogP contribution in [0.25, 0.3) is 0 Å². The number of aliphatic carboxylic acids is 1. The first-order chi connectivity index (χ1) is 8.58. The molecule has 1 aromatic carbocycles. The summed E-state index contributed by atoms with van der Waals surface area (Å²) in [6.45, 7) is 0.422. The molecule has 0 radical (unpaired) electrons. The first kappa shape index (κ1) is 12.6. The minimum absolute atomic E-state index is 0.0717. The number of hydrogen-bond donors (Lipinski definition) is 2. The number of likely N-dealkylation sites (tertiary alicyclic amines) is 1. The maximum absolute atomic E-state index is 11.8. The molecule has 0 bridgehead atoms. The van der Waals surface area contributed by atoms with E-state index in [9.17, 15) is 9.59 Å². The van der Waals surface area contributed by atoms with Crippen molar-refractivity contribution in [1.82, 2.24) is 4.90 Å². The molecule has 1 aliphatic rings. The third kappa shape index (κ3) is 2.68. The lowest BCUT2D eigenvalue weighted by atomic mass is 10.0. The number of nitrogens with two attached hydrogens (primary N) is 1. The topological polar surface area (TPSA) is 83.6 Å². The Morgan fingerprint density at radius 2 is 2.11 bits per heavy atom. The van der Waals surface area contributed by atoms with Gasteiger partial charge < -0.3 is 15.7 Å². The van der Waals surface area contributed by atoms with Crippen LogP contribution in [0.5, 0.6) is 0 Å². The van der Waals surface area contributed by atoms with E-state index in [2.05, 4.69) is 0 Å². The zero-order chi connectivity index (χ0) is 13.1. The molecule has 2 rings (SSSR count). The molecule has 0 spiro atoms. The van der Waals surface area contributed by atoms with Crippen molar-refractivity contribution >= 4 is 11.9 Å². The molecule has 5 heteroatoms. The molecular formula is C13H16N2O3. The van der Waals surface area contributed by atoms with Crippen LogP contribution in [-0.2, 0) is 9.59 Å². The molecule has 1 saturated heterocycles. The van der Waals surface area contributed by atoms with Gasteiger partial charge in [0.1, 0.15) is 0 Å². The van der Waals surface area contributed by atoms with Gasteiger partial charge >= 0.3 is 5.97 Å². The van der Waals surface area contributed by atoms with Gasteiger partial charge in [0, 0.05) is 19.0 Å². The number of benzene rings is 1. The number of carbonyl (C=O) groups is 2. The van der Waals surface area contributed by atoms with Crippen LogP contribution in [0.4, 0.5) is 0 Å². The summed E-state index contributed by atoms with van der Waals surface area (Å²) in [6, 6.07) is 8.59. The average molecular weight is 248 g/mol. The summed E-state index contributed by atoms with van der Waals surface area (Å²) in [4.78, 5) is 24.4. The highest BCUT2D eigenvalue weighted by molar-refractivity contribution is 5.80. The molecule has 3 N–H and O–H groups in total. The molecule has 2 unspecified atom stereocenters. The van der Waals surface area contributed by atoms with E-state index in [0.717, 1.165) is 5.56 Å². The van der Waals surface area contributed by atoms with E-state index >= 15 is 0 Å². The van der Waals surface area contributed by atoms with E-state index in [4.69, 9.17) is 10.8 Å². The molecule has 1 fully saturated rings. The Morgan fingerprint density at radius 1 is 1.44 bits per heavy atom. The predicted molar refractivity (Wildman–Crippen MR) is 65.7 cm³/mol. The van der Waals surface area contributed by atoms with Gasteiger partial charge in [-0.15, -0.1) is 0 Å². The maximum Gasteiger partial charge on any atom is 0.305 e. The third-order valence-corrected chi connectivity index (χ3v) is 3.12. The second-order valence-electron chi connectivity index (χ2n) is 4.53. The van der Waals surface area contributed by atoms with E-state index < -0.39 is 12.0 Å². The summed E-state index contributed by atoms with van der Waals surface area (Å²) in [7, 11) is 0. The van der Waals surface area contributed by atoms with Crippen LogP contribution in [0.3, 0.4) is 0 Å². The van der Waals surface area contributed by atoms with Crippen molar-refractivity contribution in [3.8, 4) is 0 Å². The Hall–Kier alpha value is -1.88. The summed E-state index contributed by atoms with van der Waals surface area (Å²) >= 11 is 0. The second kappa shape index (κ2) is 5.18. The van der Waals surface area contributed by atoms with Gasteiger partial charge in [0.2, 0.25) is 5.91 Å². The van der Waals surface area contributed by atoms with Crippen molar-refractivity contribution in [3.63, 3.8) is 0 Å². The quantitative estimate of drug-likeness (QED) is 0.824. The number of carboxylic acids is 1. The zero-order valence-electron chi connectivity index (χ0n) is 9.95. The van der Waals surface area contributed by atoms with Crippen LogP contribution in [0.2, 0.25) is 0 Å². The number of hydrogen-bond acceptors (Lipinski definition) is 3. The van der Waals surface area contributed by atoms with Gasteiger partial charge in [0.15, 0.2) is 0 Å². The van der Waals surface area contributed by atoms with Crippen LogP contribution in [0.15, 0.2) is 30.3 Å². The summed E-state index contributed by atoms with van der Waals surface area (Å²) in [6.07, 6.45) is 0.200. The Bertz CT molecular complexity index is 447. The van der Waals surface area contributed by atoms with Gasteiger partial charge in [-0.25, -0.2) is 0 Å². The van der Waals surface area contributed by atoms with Crippen molar-refractivity contribution in [3.05, 3.63) is 35.9 Å². The average Bonchev–Trinajstić information content (AvgIpc) is 2.66. The molecule has 1 aromatic rings. The number of amides is 1. The van der Waals surface area contributed by atoms with Crippen molar-refractivity contribution in [2.24, 2.45) is 5.73 Å². The molecular weight excluding hydrogens is 232 g/mol. The lowest BCUT2D eigenvalue weighted by molar-refractivity contribution is -0.139. The van der Waals surface area contributed by atoms with Crippen LogP contribution in [0, 0.1) is 0 Å². The van der Waals surface area contributed by atoms with Crippen LogP contribution < -0.4 is 5.73 Å². The predicted octanol–water partition coefficient (Wildman–Crippen LogP) is 0.762. The monoisotopic (exact) mass is 248 g/mol. The maximum atomic E-state index is 11.8. The van der Waals surface area contributed by atoms with Crippen LogP contribution >= 0.6 is 0 Å². The van der Waals surface area contributed by atoms with Gasteiger partial charge in [0.05, 0.1) is 12.5 Å². The molecule has 18 heavy (non-hydrogen) atoms. The van der Waals surface area contributed by atoms with Crippen molar-refractivity contribution < 1.29 is 14.7 Å². The number of carbonyl (C=O) groups excluding carboxylic acids is 1. The highest BCUT2D eigenvalue weighted by Crippen LogP contribution is 2.28. The number of nitrogens with zero attached hydrogens (tertiary/aromatic N) is 1. The SMILES string of the molecule is NC1CC(=O)N(C(CC(=O)O)c2ccccc2)C1. The minimum Gasteiger partial charge on any atom is -0.481 e. The lowest BCUT2D eigenvalue weighted by Crippen LogP contribution is -2.33. The molecule has 96 valence electrons. The van der Waals surface area contributed by atoms with E-state index in [0.29, 0.717) is 13.0 Å². The summed E-state index contributed by atoms with van der Waals surface area (Å²) < 4.78 is 0. The van der Waals surface area contributed by atoms with Gasteiger partial charge in [0.25, 0.3) is 0 Å². The van der Waals surface area contributed by atoms with Gasteiger partial charge in [-0.2, -0.15) is 0 Å². The van der Waals surface area contributed by atoms with Crippen molar-refractivity contribution in [2.45, 2.75) is 24.9 Å². The first-order valence-corrected chi connectivity index (χ1v) is 5.89. The molecule has 5 nitrogen and oxygen atoms in total. The largest absolute Gasteiger partial charge is 0.481 e. The zero-order valence-corrected chi connectivity index (χ0v) is 9.95. The summed E-state index contributed by atoms with van der Waals surface area (Å²) in [5.74, 6) is -0.991. The Balaban J connectivity index is 2.26. The van der Waals surface area contributed by atoms with E-state index in [-0.39, 0.29) is 18.4 Å². The lowest BCUT2D eigenvalue weighted by Gasteiger charge is -2.27. The Morgan fingerprint density at radius 3 is 2.61 bits per heavy atom. The van der Waals surface area contributed by atoms with Gasteiger partial charge in [-0.1, -0.05) is 30.3 Å². The highest BCUT2D eigenvalue weighted by Gasteiger charge is 2.34. The third-order valence-electron chi connectivity index (χ3n) is 3.12. The fourth-order valence-electron chi connectivity index (χ4n) is 2.31. The molecule has 0 aromatic heterocycles. The van der Waals surface area contributed by atoms with Crippen LogP contribution in [-0.4, -0.2) is 34.5 Å². The molecule has 0 aliphatic carbocycles. The fourth-order valence-corrected chi connectivity index (χ4v) is 2.31. The second-order valence-corrected chi connectivity index (χ2v) is 4.53. The molecule has 2 atom stereocenters. The van der Waals surface area contributed by atoms with Crippen molar-refractivity contribution in [2.75, 3.05) is 6.54 Å². The molecule has 1 heterocycles. The summed E-state index contributed by atoms with van der Waals surface area (Å²) in [5.41, 5.74) is 6.59. The van der Waals surface area contributed by atoms with Gasteiger partial charge in [-0.05, 0) is 5.56 Å². The van der Waals surface area contributed by atoms with Gasteiger partial charge in [-0.3, -0.25) is 9.59 Å². The molecule has 1 aliphatic heterocycles. The Kier molecular flexibility index (Phi) is 3.62. The molecule has 1 amide bonds. The smallest absolute Gasteiger partial charge is 0.305 e. The van der Waals surface area contributed by atoms with E-state index in [1.807, 2.05) is 30.3 Å². The fraction of sp³-hybridized carbons (Fsp3) is 0.385. The van der Waals surface area contributed by atoms with E-state index in [1.165, 1.54) is 0 Å². The highest BCUT2D eigenvalue weighted by atomic mass is 16.4.